The van der Waals surface area contributed by atoms with E-state index in [-0.39, 0.29) is 12.1 Å². The largest absolute Gasteiger partial charge is 0.480 e. The molecular formula is C30H37N3O2. The minimum Gasteiger partial charge on any atom is -0.480 e. The lowest BCUT2D eigenvalue weighted by Crippen LogP contribution is -2.39. The first kappa shape index (κ1) is 24.0. The number of nitriles is 1. The molecule has 5 heteroatoms. The molecule has 2 saturated carbocycles. The fourth-order valence-electron chi connectivity index (χ4n) is 7.27. The number of rotatable bonds is 5. The predicted octanol–water partition coefficient (Wildman–Crippen LogP) is 5.18. The number of carbonyl (C=O) groups is 1. The molecule has 4 aliphatic rings. The molecule has 0 unspecified atom stereocenters. The molecule has 5 nitrogen and oxygen atoms in total. The van der Waals surface area contributed by atoms with E-state index < -0.39 is 5.97 Å². The molecule has 35 heavy (non-hydrogen) atoms. The summed E-state index contributed by atoms with van der Waals surface area (Å²) in [5.74, 6) is 1.77. The number of hydrogen-bond donors (Lipinski definition) is 1. The van der Waals surface area contributed by atoms with E-state index in [1.165, 1.54) is 43.2 Å². The molecule has 2 saturated heterocycles. The summed E-state index contributed by atoms with van der Waals surface area (Å²) in [6.07, 6.45) is 7.42. The number of benzene rings is 2. The van der Waals surface area contributed by atoms with Crippen LogP contribution in [0.1, 0.15) is 49.7 Å². The third kappa shape index (κ3) is 5.29. The lowest BCUT2D eigenvalue weighted by molar-refractivity contribution is -0.143. The number of carboxylic acids is 1. The Morgan fingerprint density at radius 2 is 1.31 bits per heavy atom. The van der Waals surface area contributed by atoms with Crippen molar-refractivity contribution in [1.29, 1.82) is 5.26 Å². The van der Waals surface area contributed by atoms with Crippen LogP contribution in [0, 0.1) is 35.0 Å². The van der Waals surface area contributed by atoms with Crippen LogP contribution in [0.5, 0.6) is 0 Å². The molecule has 0 radical (unpaired) electrons. The highest BCUT2D eigenvalue weighted by Crippen LogP contribution is 2.43. The Labute approximate surface area is 209 Å². The summed E-state index contributed by atoms with van der Waals surface area (Å²) in [4.78, 5) is 16.0. The highest BCUT2D eigenvalue weighted by molar-refractivity contribution is 5.74. The maximum atomic E-state index is 11.5. The van der Waals surface area contributed by atoms with Crippen LogP contribution in [0.15, 0.2) is 60.7 Å². The number of hydrogen-bond acceptors (Lipinski definition) is 4. The van der Waals surface area contributed by atoms with Crippen molar-refractivity contribution in [1.82, 2.24) is 9.80 Å². The molecule has 1 N–H and O–H groups in total. The molecule has 2 aromatic carbocycles. The molecular weight excluding hydrogens is 434 g/mol. The van der Waals surface area contributed by atoms with Gasteiger partial charge in [0.1, 0.15) is 12.1 Å². The van der Waals surface area contributed by atoms with Crippen LogP contribution >= 0.6 is 0 Å². The summed E-state index contributed by atoms with van der Waals surface area (Å²) in [6, 6.07) is 23.1. The molecule has 4 fully saturated rings. The van der Waals surface area contributed by atoms with E-state index in [1.807, 2.05) is 24.3 Å². The van der Waals surface area contributed by atoms with Gasteiger partial charge in [-0.1, -0.05) is 73.5 Å². The van der Waals surface area contributed by atoms with Gasteiger partial charge in [-0.05, 0) is 60.5 Å². The minimum absolute atomic E-state index is 0.155. The van der Waals surface area contributed by atoms with E-state index in [4.69, 9.17) is 0 Å². The normalized spacial score (nSPS) is 31.9. The van der Waals surface area contributed by atoms with Crippen molar-refractivity contribution in [3.63, 3.8) is 0 Å². The second-order valence-electron chi connectivity index (χ2n) is 10.9. The Balaban J connectivity index is 0.000000145. The van der Waals surface area contributed by atoms with Crippen LogP contribution in [-0.4, -0.2) is 46.0 Å². The summed E-state index contributed by atoms with van der Waals surface area (Å²) in [5.41, 5.74) is 2.54. The Morgan fingerprint density at radius 1 is 0.800 bits per heavy atom. The average molecular weight is 472 g/mol. The molecule has 2 aliphatic heterocycles. The highest BCUT2D eigenvalue weighted by Gasteiger charge is 2.47. The standard InChI is InChI=1S/C15H18N2.C15H19NO2/c16-9-15-14-8-4-7-13(14)11-17(15)10-12-5-2-1-3-6-12;17-15(18)14-13-8-4-7-12(13)10-16(14)9-11-5-2-1-3-6-11/h1-3,5-6,13-15H,4,7-8,10-11H2;1-3,5-6,12-14H,4,7-10H2,(H,17,18)/t13-,14-,15+;12-,13-,14-/m00/s1. The summed E-state index contributed by atoms with van der Waals surface area (Å²) in [6.45, 7) is 3.78. The number of aliphatic carboxylic acids is 1. The third-order valence-corrected chi connectivity index (χ3v) is 8.81. The maximum Gasteiger partial charge on any atom is 0.321 e. The van der Waals surface area contributed by atoms with Crippen LogP contribution < -0.4 is 0 Å². The zero-order valence-corrected chi connectivity index (χ0v) is 20.5. The van der Waals surface area contributed by atoms with Crippen LogP contribution in [0.3, 0.4) is 0 Å². The SMILES string of the molecule is N#C[C@@H]1[C@H]2CCC[C@H]2CN1Cc1ccccc1.O=C(O)[C@@H]1[C@H]2CCC[C@H]2CN1Cc1ccccc1. The smallest absolute Gasteiger partial charge is 0.321 e. The molecule has 2 heterocycles. The Bertz CT molecular complexity index is 1020. The lowest BCUT2D eigenvalue weighted by Gasteiger charge is -2.24. The maximum absolute atomic E-state index is 11.5. The van der Waals surface area contributed by atoms with Crippen molar-refractivity contribution in [2.24, 2.45) is 23.7 Å². The summed E-state index contributed by atoms with van der Waals surface area (Å²) in [7, 11) is 0. The van der Waals surface area contributed by atoms with Gasteiger partial charge in [0, 0.05) is 26.2 Å². The summed E-state index contributed by atoms with van der Waals surface area (Å²) < 4.78 is 0. The van der Waals surface area contributed by atoms with Crippen LogP contribution in [-0.2, 0) is 17.9 Å². The minimum atomic E-state index is -0.639. The number of nitrogens with zero attached hydrogens (tertiary/aromatic N) is 3. The van der Waals surface area contributed by atoms with Gasteiger partial charge in [0.25, 0.3) is 0 Å². The molecule has 0 amide bonds. The molecule has 0 aromatic heterocycles. The second-order valence-corrected chi connectivity index (χ2v) is 10.9. The van der Waals surface area contributed by atoms with Gasteiger partial charge in [0.15, 0.2) is 0 Å². The monoisotopic (exact) mass is 471 g/mol. The summed E-state index contributed by atoms with van der Waals surface area (Å²) in [5, 5.41) is 18.8. The average Bonchev–Trinajstić information content (AvgIpc) is 3.62. The second kappa shape index (κ2) is 10.9. The number of likely N-dealkylation sites (tertiary alicyclic amines) is 2. The zero-order chi connectivity index (χ0) is 24.2. The van der Waals surface area contributed by atoms with Crippen molar-refractivity contribution in [3.8, 4) is 6.07 Å². The molecule has 6 atom stereocenters. The van der Waals surface area contributed by atoms with Gasteiger partial charge in [-0.15, -0.1) is 0 Å². The van der Waals surface area contributed by atoms with E-state index in [0.717, 1.165) is 38.5 Å². The first-order chi connectivity index (χ1) is 17.1. The van der Waals surface area contributed by atoms with E-state index in [1.54, 1.807) is 0 Å². The van der Waals surface area contributed by atoms with Gasteiger partial charge in [-0.2, -0.15) is 5.26 Å². The van der Waals surface area contributed by atoms with E-state index in [0.29, 0.717) is 17.8 Å². The predicted molar refractivity (Wildman–Crippen MR) is 136 cm³/mol. The van der Waals surface area contributed by atoms with Crippen molar-refractivity contribution in [2.45, 2.75) is 63.7 Å². The van der Waals surface area contributed by atoms with Crippen molar-refractivity contribution in [2.75, 3.05) is 13.1 Å². The lowest BCUT2D eigenvalue weighted by atomic mass is 9.94. The highest BCUT2D eigenvalue weighted by atomic mass is 16.4. The van der Waals surface area contributed by atoms with Crippen LogP contribution in [0.2, 0.25) is 0 Å². The van der Waals surface area contributed by atoms with Crippen molar-refractivity contribution >= 4 is 5.97 Å². The molecule has 2 aliphatic carbocycles. The third-order valence-electron chi connectivity index (χ3n) is 8.81. The molecule has 6 rings (SSSR count). The zero-order valence-electron chi connectivity index (χ0n) is 20.5. The van der Waals surface area contributed by atoms with E-state index in [2.05, 4.69) is 52.3 Å². The number of carboxylic acid groups (broad SMARTS) is 1. The van der Waals surface area contributed by atoms with Gasteiger partial charge < -0.3 is 5.11 Å². The van der Waals surface area contributed by atoms with E-state index in [9.17, 15) is 15.2 Å². The van der Waals surface area contributed by atoms with Gasteiger partial charge in [0.05, 0.1) is 6.07 Å². The quantitative estimate of drug-likeness (QED) is 0.651. The van der Waals surface area contributed by atoms with Crippen LogP contribution in [0.4, 0.5) is 0 Å². The molecule has 0 spiro atoms. The first-order valence-corrected chi connectivity index (χ1v) is 13.3. The van der Waals surface area contributed by atoms with Crippen LogP contribution in [0.25, 0.3) is 0 Å². The fourth-order valence-corrected chi connectivity index (χ4v) is 7.27. The number of fused-ring (bicyclic) bond motifs is 2. The topological polar surface area (TPSA) is 67.6 Å². The van der Waals surface area contributed by atoms with Gasteiger partial charge in [0.2, 0.25) is 0 Å². The fraction of sp³-hybridized carbons (Fsp3) is 0.533. The Hall–Kier alpha value is -2.68. The molecule has 184 valence electrons. The Kier molecular flexibility index (Phi) is 7.51. The first-order valence-electron chi connectivity index (χ1n) is 13.3. The van der Waals surface area contributed by atoms with Crippen molar-refractivity contribution < 1.29 is 9.90 Å². The van der Waals surface area contributed by atoms with Gasteiger partial charge in [-0.25, -0.2) is 0 Å². The molecule has 0 bridgehead atoms. The van der Waals surface area contributed by atoms with E-state index >= 15 is 0 Å². The van der Waals surface area contributed by atoms with Gasteiger partial charge in [-0.3, -0.25) is 14.6 Å². The summed E-state index contributed by atoms with van der Waals surface area (Å²) >= 11 is 0. The molecule has 2 aromatic rings. The van der Waals surface area contributed by atoms with Gasteiger partial charge >= 0.3 is 5.97 Å². The van der Waals surface area contributed by atoms with Crippen molar-refractivity contribution in [3.05, 3.63) is 71.8 Å². The Morgan fingerprint density at radius 3 is 1.89 bits per heavy atom.